The first-order valence-corrected chi connectivity index (χ1v) is 7.37. The van der Waals surface area contributed by atoms with E-state index >= 15 is 0 Å². The average Bonchev–Trinajstić information content (AvgIpc) is 2.46. The van der Waals surface area contributed by atoms with Crippen molar-refractivity contribution in [1.82, 2.24) is 4.90 Å². The van der Waals surface area contributed by atoms with Crippen molar-refractivity contribution in [2.75, 3.05) is 20.2 Å². The fraction of sp³-hybridized carbons (Fsp3) is 0.500. The SMILES string of the molecule is COc1ccc(Br)cc1CN=C(N)N1CCCCC1.I. The lowest BCUT2D eigenvalue weighted by Crippen LogP contribution is -2.40. The minimum absolute atomic E-state index is 0. The van der Waals surface area contributed by atoms with Gasteiger partial charge in [0.2, 0.25) is 0 Å². The largest absolute Gasteiger partial charge is 0.496 e. The second kappa shape index (κ2) is 8.71. The van der Waals surface area contributed by atoms with E-state index in [0.29, 0.717) is 12.5 Å². The van der Waals surface area contributed by atoms with Crippen LogP contribution in [0.25, 0.3) is 0 Å². The van der Waals surface area contributed by atoms with E-state index in [9.17, 15) is 0 Å². The van der Waals surface area contributed by atoms with Crippen LogP contribution in [0.2, 0.25) is 0 Å². The molecule has 0 aliphatic carbocycles. The number of hydrogen-bond donors (Lipinski definition) is 1. The number of guanidine groups is 1. The summed E-state index contributed by atoms with van der Waals surface area (Å²) in [5, 5.41) is 0. The fourth-order valence-corrected chi connectivity index (χ4v) is 2.67. The Morgan fingerprint density at radius 1 is 1.35 bits per heavy atom. The maximum Gasteiger partial charge on any atom is 0.191 e. The van der Waals surface area contributed by atoms with E-state index < -0.39 is 0 Å². The van der Waals surface area contributed by atoms with Crippen molar-refractivity contribution in [3.63, 3.8) is 0 Å². The number of rotatable bonds is 3. The van der Waals surface area contributed by atoms with E-state index in [1.54, 1.807) is 7.11 Å². The van der Waals surface area contributed by atoms with Gasteiger partial charge in [-0.05, 0) is 37.5 Å². The smallest absolute Gasteiger partial charge is 0.191 e. The summed E-state index contributed by atoms with van der Waals surface area (Å²) in [6, 6.07) is 5.91. The van der Waals surface area contributed by atoms with Crippen LogP contribution in [0, 0.1) is 0 Å². The predicted molar refractivity (Wildman–Crippen MR) is 96.9 cm³/mol. The van der Waals surface area contributed by atoms with Gasteiger partial charge in [-0.25, -0.2) is 4.99 Å². The van der Waals surface area contributed by atoms with E-state index in [4.69, 9.17) is 10.5 Å². The van der Waals surface area contributed by atoms with Gasteiger partial charge in [0, 0.05) is 23.1 Å². The number of likely N-dealkylation sites (tertiary alicyclic amines) is 1. The Balaban J connectivity index is 0.00000200. The molecular weight excluding hydrogens is 433 g/mol. The number of nitrogens with zero attached hydrogens (tertiary/aromatic N) is 2. The van der Waals surface area contributed by atoms with Crippen LogP contribution < -0.4 is 10.5 Å². The molecule has 20 heavy (non-hydrogen) atoms. The van der Waals surface area contributed by atoms with Crippen molar-refractivity contribution in [2.45, 2.75) is 25.8 Å². The summed E-state index contributed by atoms with van der Waals surface area (Å²) in [5.41, 5.74) is 7.09. The molecule has 1 aromatic carbocycles. The highest BCUT2D eigenvalue weighted by atomic mass is 127. The third kappa shape index (κ3) is 4.80. The van der Waals surface area contributed by atoms with Crippen LogP contribution >= 0.6 is 39.9 Å². The van der Waals surface area contributed by atoms with Crippen LogP contribution in [0.5, 0.6) is 5.75 Å². The number of methoxy groups -OCH3 is 1. The lowest BCUT2D eigenvalue weighted by Gasteiger charge is -2.27. The molecule has 1 aliphatic heterocycles. The molecule has 0 saturated carbocycles. The quantitative estimate of drug-likeness (QED) is 0.433. The van der Waals surface area contributed by atoms with Crippen LogP contribution in [0.3, 0.4) is 0 Å². The van der Waals surface area contributed by atoms with Crippen LogP contribution in [0.4, 0.5) is 0 Å². The van der Waals surface area contributed by atoms with Gasteiger partial charge in [0.1, 0.15) is 5.75 Å². The van der Waals surface area contributed by atoms with Crippen molar-refractivity contribution in [2.24, 2.45) is 10.7 Å². The topological polar surface area (TPSA) is 50.9 Å². The molecule has 1 aliphatic rings. The summed E-state index contributed by atoms with van der Waals surface area (Å²) in [4.78, 5) is 6.65. The Labute approximate surface area is 145 Å². The zero-order valence-corrected chi connectivity index (χ0v) is 15.6. The van der Waals surface area contributed by atoms with Crippen molar-refractivity contribution < 1.29 is 4.74 Å². The first kappa shape index (κ1) is 17.6. The monoisotopic (exact) mass is 453 g/mol. The molecule has 1 fully saturated rings. The van der Waals surface area contributed by atoms with E-state index in [2.05, 4.69) is 25.8 Å². The Bertz CT molecular complexity index is 462. The summed E-state index contributed by atoms with van der Waals surface area (Å²) in [6.07, 6.45) is 3.70. The van der Waals surface area contributed by atoms with Gasteiger partial charge in [0.05, 0.1) is 13.7 Å². The lowest BCUT2D eigenvalue weighted by atomic mass is 10.1. The molecular formula is C14H21BrIN3O. The standard InChI is InChI=1S/C14H20BrN3O.HI/c1-19-13-6-5-12(15)9-11(13)10-17-14(16)18-7-3-2-4-8-18;/h5-6,9H,2-4,7-8,10H2,1H3,(H2,16,17);1H. The molecule has 0 radical (unpaired) electrons. The van der Waals surface area contributed by atoms with Gasteiger partial charge in [-0.2, -0.15) is 0 Å². The second-order valence-corrected chi connectivity index (χ2v) is 5.59. The number of hydrogen-bond acceptors (Lipinski definition) is 2. The Morgan fingerprint density at radius 2 is 2.05 bits per heavy atom. The first-order chi connectivity index (χ1) is 9.20. The minimum Gasteiger partial charge on any atom is -0.496 e. The maximum absolute atomic E-state index is 6.05. The number of halogens is 2. The van der Waals surface area contributed by atoms with Crippen molar-refractivity contribution in [1.29, 1.82) is 0 Å². The molecule has 0 bridgehead atoms. The highest BCUT2D eigenvalue weighted by Crippen LogP contribution is 2.23. The van der Waals surface area contributed by atoms with Crippen LogP contribution in [-0.4, -0.2) is 31.1 Å². The number of aliphatic imine (C=N–C) groups is 1. The summed E-state index contributed by atoms with van der Waals surface area (Å²) in [6.45, 7) is 2.58. The number of nitrogens with two attached hydrogens (primary N) is 1. The Kier molecular flexibility index (Phi) is 7.65. The molecule has 112 valence electrons. The maximum atomic E-state index is 6.05. The zero-order valence-electron chi connectivity index (χ0n) is 11.6. The third-order valence-electron chi connectivity index (χ3n) is 3.33. The van der Waals surface area contributed by atoms with E-state index in [1.807, 2.05) is 18.2 Å². The summed E-state index contributed by atoms with van der Waals surface area (Å²) < 4.78 is 6.36. The molecule has 0 aromatic heterocycles. The first-order valence-electron chi connectivity index (χ1n) is 6.58. The molecule has 0 unspecified atom stereocenters. The van der Waals surface area contributed by atoms with Gasteiger partial charge in [-0.15, -0.1) is 24.0 Å². The third-order valence-corrected chi connectivity index (χ3v) is 3.83. The summed E-state index contributed by atoms with van der Waals surface area (Å²) in [5.74, 6) is 1.49. The molecule has 0 spiro atoms. The number of piperidine rings is 1. The van der Waals surface area contributed by atoms with Gasteiger partial charge in [0.15, 0.2) is 5.96 Å². The van der Waals surface area contributed by atoms with Gasteiger partial charge in [0.25, 0.3) is 0 Å². The van der Waals surface area contributed by atoms with E-state index in [0.717, 1.165) is 28.9 Å². The highest BCUT2D eigenvalue weighted by molar-refractivity contribution is 14.0. The molecule has 0 atom stereocenters. The summed E-state index contributed by atoms with van der Waals surface area (Å²) in [7, 11) is 1.67. The highest BCUT2D eigenvalue weighted by Gasteiger charge is 2.12. The molecule has 4 nitrogen and oxygen atoms in total. The van der Waals surface area contributed by atoms with Crippen LogP contribution in [0.15, 0.2) is 27.7 Å². The molecule has 1 saturated heterocycles. The molecule has 6 heteroatoms. The van der Waals surface area contributed by atoms with Gasteiger partial charge >= 0.3 is 0 Å². The number of ether oxygens (including phenoxy) is 1. The zero-order chi connectivity index (χ0) is 13.7. The Hall–Kier alpha value is -0.500. The predicted octanol–water partition coefficient (Wildman–Crippen LogP) is 3.38. The summed E-state index contributed by atoms with van der Waals surface area (Å²) >= 11 is 3.46. The number of benzene rings is 1. The van der Waals surface area contributed by atoms with Crippen LogP contribution in [0.1, 0.15) is 24.8 Å². The van der Waals surface area contributed by atoms with Crippen molar-refractivity contribution in [3.8, 4) is 5.75 Å². The average molecular weight is 454 g/mol. The van der Waals surface area contributed by atoms with Crippen molar-refractivity contribution in [3.05, 3.63) is 28.2 Å². The Morgan fingerprint density at radius 3 is 2.70 bits per heavy atom. The van der Waals surface area contributed by atoms with Crippen LogP contribution in [-0.2, 0) is 6.54 Å². The second-order valence-electron chi connectivity index (χ2n) is 4.68. The van der Waals surface area contributed by atoms with Gasteiger partial charge < -0.3 is 15.4 Å². The fourth-order valence-electron chi connectivity index (χ4n) is 2.26. The minimum atomic E-state index is 0. The molecule has 1 aromatic rings. The molecule has 1 heterocycles. The lowest BCUT2D eigenvalue weighted by molar-refractivity contribution is 0.338. The van der Waals surface area contributed by atoms with Gasteiger partial charge in [-0.1, -0.05) is 15.9 Å². The van der Waals surface area contributed by atoms with E-state index in [-0.39, 0.29) is 24.0 Å². The molecule has 2 N–H and O–H groups in total. The van der Waals surface area contributed by atoms with Gasteiger partial charge in [-0.3, -0.25) is 0 Å². The van der Waals surface area contributed by atoms with Crippen molar-refractivity contribution >= 4 is 45.9 Å². The normalized spacial score (nSPS) is 15.7. The molecule has 0 amide bonds. The molecule has 2 rings (SSSR count). The van der Waals surface area contributed by atoms with E-state index in [1.165, 1.54) is 19.3 Å².